The van der Waals surface area contributed by atoms with Gasteiger partial charge in [0.15, 0.2) is 10.0 Å². The molecule has 0 spiro atoms. The van der Waals surface area contributed by atoms with Gasteiger partial charge >= 0.3 is 0 Å². The number of fused-ring (bicyclic) bond motifs is 10. The normalized spacial score (nSPS) is 13.5. The maximum absolute atomic E-state index is 5.50. The van der Waals surface area contributed by atoms with Crippen LogP contribution in [0, 0.1) is 13.8 Å². The van der Waals surface area contributed by atoms with Crippen molar-refractivity contribution in [1.82, 2.24) is 27.5 Å². The molecule has 0 radical (unpaired) electrons. The molecule has 4 aromatic heterocycles. The number of benzene rings is 3. The molecule has 0 N–H and O–H groups in total. The SMILES string of the molecule is CCCCCCCCCCCCCCCCC1(CCCCCCCCCCCCCCCC)c2cc3c(cc2-c2c1cc(C)c1nsnc21)C(CCCCCCCCCCCCCCCC)(CCCCCCCCCCCCCCCC)c1cc(-c2cnc(-c4ncc(C)s4)s2)c2nsnc2c1-3. The Labute approximate surface area is 640 Å². The Kier molecular flexibility index (Phi) is 38.4. The molecule has 0 unspecified atom stereocenters. The Bertz CT molecular complexity index is 3330. The van der Waals surface area contributed by atoms with E-state index in [0.717, 1.165) is 44.9 Å². The lowest BCUT2D eigenvalue weighted by molar-refractivity contribution is 0.393. The van der Waals surface area contributed by atoms with E-state index < -0.39 is 0 Å². The molecule has 10 heteroatoms. The summed E-state index contributed by atoms with van der Waals surface area (Å²) in [6.07, 6.45) is 86.2. The quantitative estimate of drug-likeness (QED) is 0.0354. The summed E-state index contributed by atoms with van der Waals surface area (Å²) in [7, 11) is 0. The Morgan fingerprint density at radius 3 is 0.853 bits per heavy atom. The van der Waals surface area contributed by atoms with Crippen LogP contribution in [0.1, 0.15) is 446 Å². The number of thiazole rings is 2. The average Bonchev–Trinajstić information content (AvgIpc) is 1.58. The zero-order chi connectivity index (χ0) is 71.1. The van der Waals surface area contributed by atoms with E-state index in [1.807, 2.05) is 6.20 Å². The molecule has 102 heavy (non-hydrogen) atoms. The van der Waals surface area contributed by atoms with Gasteiger partial charge in [-0.2, -0.15) is 17.5 Å². The van der Waals surface area contributed by atoms with E-state index in [0.29, 0.717) is 0 Å². The lowest BCUT2D eigenvalue weighted by Crippen LogP contribution is -2.27. The Morgan fingerprint density at radius 2 is 0.529 bits per heavy atom. The molecule has 0 bridgehead atoms. The van der Waals surface area contributed by atoms with Gasteiger partial charge in [0.05, 0.1) is 28.3 Å². The number of hydrogen-bond donors (Lipinski definition) is 0. The van der Waals surface area contributed by atoms with Crippen LogP contribution >= 0.6 is 46.1 Å². The van der Waals surface area contributed by atoms with E-state index in [1.54, 1.807) is 39.4 Å². The van der Waals surface area contributed by atoms with Gasteiger partial charge in [0.25, 0.3) is 0 Å². The van der Waals surface area contributed by atoms with Crippen molar-refractivity contribution in [1.29, 1.82) is 0 Å². The topological polar surface area (TPSA) is 77.3 Å². The van der Waals surface area contributed by atoms with Crippen molar-refractivity contribution in [3.63, 3.8) is 0 Å². The average molecular weight is 1460 g/mol. The van der Waals surface area contributed by atoms with Gasteiger partial charge in [0.1, 0.15) is 22.1 Å². The van der Waals surface area contributed by atoms with Crippen LogP contribution in [0.3, 0.4) is 0 Å². The van der Waals surface area contributed by atoms with Gasteiger partial charge in [0.2, 0.25) is 0 Å². The monoisotopic (exact) mass is 1460 g/mol. The van der Waals surface area contributed by atoms with Gasteiger partial charge in [-0.25, -0.2) is 9.97 Å². The van der Waals surface area contributed by atoms with Crippen LogP contribution < -0.4 is 0 Å². The summed E-state index contributed by atoms with van der Waals surface area (Å²) < 4.78 is 21.3. The Balaban J connectivity index is 1.04. The summed E-state index contributed by atoms with van der Waals surface area (Å²) in [5.41, 5.74) is 18.7. The summed E-state index contributed by atoms with van der Waals surface area (Å²) in [4.78, 5) is 12.4. The summed E-state index contributed by atoms with van der Waals surface area (Å²) in [5, 5.41) is 2.01. The van der Waals surface area contributed by atoms with Crippen molar-refractivity contribution in [2.45, 2.75) is 438 Å². The highest BCUT2D eigenvalue weighted by molar-refractivity contribution is 7.23. The second-order valence-electron chi connectivity index (χ2n) is 32.7. The van der Waals surface area contributed by atoms with E-state index in [1.165, 1.54) is 445 Å². The predicted molar refractivity (Wildman–Crippen MR) is 452 cm³/mol. The van der Waals surface area contributed by atoms with Crippen molar-refractivity contribution in [3.05, 3.63) is 69.4 Å². The Hall–Kier alpha value is -3.44. The molecule has 0 saturated heterocycles. The third kappa shape index (κ3) is 24.3. The molecule has 566 valence electrons. The summed E-state index contributed by atoms with van der Waals surface area (Å²) >= 11 is 6.40. The minimum atomic E-state index is -0.167. The second kappa shape index (κ2) is 47.4. The predicted octanol–water partition coefficient (Wildman–Crippen LogP) is 32.6. The minimum Gasteiger partial charge on any atom is -0.242 e. The van der Waals surface area contributed by atoms with Crippen molar-refractivity contribution in [3.8, 4) is 42.7 Å². The van der Waals surface area contributed by atoms with Gasteiger partial charge in [-0.05, 0) is 96.7 Å². The standard InChI is InChI=1S/C92H144N6S4/c1-7-11-15-19-23-27-31-35-39-43-47-51-55-59-63-91(64-60-56-52-48-44-40-36-32-28-24-20-16-12-8-2)78-69-76-79(68-75(78)83-80(91)67-73(5)85-87(83)97-101-95-85)92(65-61-57-53-49-45-41-37-33-29-25-21-17-13-9-3,66-62-58-54-50-46-42-38-34-30-26-22-18-14-10-4)81-70-77(86-88(84(76)81)98-102-96-86)82-72-94-90(100-82)89-93-71-74(6)99-89/h67-72H,7-66H2,1-6H3. The molecular weight excluding hydrogens is 1320 g/mol. The number of rotatable bonds is 62. The molecule has 0 fully saturated rings. The van der Waals surface area contributed by atoms with Crippen LogP contribution in [0.4, 0.5) is 0 Å². The fourth-order valence-electron chi connectivity index (χ4n) is 18.4. The van der Waals surface area contributed by atoms with Gasteiger partial charge in [-0.3, -0.25) is 0 Å². The zero-order valence-corrected chi connectivity index (χ0v) is 69.5. The molecule has 0 saturated carbocycles. The molecule has 7 aromatic rings. The van der Waals surface area contributed by atoms with Crippen molar-refractivity contribution in [2.75, 3.05) is 0 Å². The van der Waals surface area contributed by atoms with E-state index in [9.17, 15) is 0 Å². The van der Waals surface area contributed by atoms with Gasteiger partial charge in [-0.15, -0.1) is 22.7 Å². The fourth-order valence-corrected chi connectivity index (χ4v) is 21.3. The van der Waals surface area contributed by atoms with Crippen LogP contribution in [0.5, 0.6) is 0 Å². The van der Waals surface area contributed by atoms with Gasteiger partial charge in [0, 0.05) is 44.8 Å². The number of nitrogens with zero attached hydrogens (tertiary/aromatic N) is 6. The summed E-state index contributed by atoms with van der Waals surface area (Å²) in [6, 6.07) is 11.0. The second-order valence-corrected chi connectivity index (χ2v) is 36.0. The summed E-state index contributed by atoms with van der Waals surface area (Å²) in [5.74, 6) is 0. The van der Waals surface area contributed by atoms with Gasteiger partial charge < -0.3 is 0 Å². The summed E-state index contributed by atoms with van der Waals surface area (Å²) in [6.45, 7) is 13.8. The first-order valence-electron chi connectivity index (χ1n) is 44.0. The molecule has 4 heterocycles. The first-order valence-corrected chi connectivity index (χ1v) is 47.1. The maximum Gasteiger partial charge on any atom is 0.152 e. The largest absolute Gasteiger partial charge is 0.242 e. The Morgan fingerprint density at radius 1 is 0.265 bits per heavy atom. The van der Waals surface area contributed by atoms with Crippen LogP contribution in [0.2, 0.25) is 0 Å². The molecule has 0 atom stereocenters. The highest BCUT2D eigenvalue weighted by atomic mass is 32.1. The van der Waals surface area contributed by atoms with Crippen LogP contribution in [0.25, 0.3) is 64.8 Å². The molecule has 9 rings (SSSR count). The van der Waals surface area contributed by atoms with E-state index >= 15 is 0 Å². The zero-order valence-electron chi connectivity index (χ0n) is 66.2. The third-order valence-electron chi connectivity index (χ3n) is 24.4. The molecule has 0 amide bonds. The van der Waals surface area contributed by atoms with E-state index in [4.69, 9.17) is 27.5 Å². The smallest absolute Gasteiger partial charge is 0.152 e. The van der Waals surface area contributed by atoms with Crippen LogP contribution in [-0.2, 0) is 10.8 Å². The number of aromatic nitrogens is 6. The number of unbranched alkanes of at least 4 members (excludes halogenated alkanes) is 52. The first-order chi connectivity index (χ1) is 50.4. The van der Waals surface area contributed by atoms with Crippen molar-refractivity contribution < 1.29 is 0 Å². The molecule has 3 aromatic carbocycles. The highest BCUT2D eigenvalue weighted by Gasteiger charge is 2.50. The van der Waals surface area contributed by atoms with Gasteiger partial charge in [-0.1, -0.05) is 393 Å². The van der Waals surface area contributed by atoms with Crippen LogP contribution in [-0.4, -0.2) is 27.5 Å². The molecule has 6 nitrogen and oxygen atoms in total. The maximum atomic E-state index is 5.50. The van der Waals surface area contributed by atoms with E-state index in [2.05, 4.69) is 72.0 Å². The van der Waals surface area contributed by atoms with Crippen LogP contribution in [0.15, 0.2) is 36.7 Å². The molecular formula is C92H144N6S4. The van der Waals surface area contributed by atoms with Crippen molar-refractivity contribution >= 4 is 68.2 Å². The first kappa shape index (κ1) is 82.6. The number of aryl methyl sites for hydroxylation is 2. The molecule has 2 aliphatic rings. The highest BCUT2D eigenvalue weighted by Crippen LogP contribution is 2.63. The van der Waals surface area contributed by atoms with Crippen molar-refractivity contribution in [2.24, 2.45) is 0 Å². The lowest BCUT2D eigenvalue weighted by Gasteiger charge is -2.35. The molecule has 2 aliphatic carbocycles. The number of hydrogen-bond acceptors (Lipinski definition) is 10. The lowest BCUT2D eigenvalue weighted by atomic mass is 9.68. The molecule has 0 aliphatic heterocycles. The fraction of sp³-hybridized carbons (Fsp3) is 0.739. The van der Waals surface area contributed by atoms with E-state index in [-0.39, 0.29) is 10.8 Å². The third-order valence-corrected chi connectivity index (χ3v) is 27.6. The minimum absolute atomic E-state index is 0.0994.